The van der Waals surface area contributed by atoms with Crippen molar-refractivity contribution >= 4 is 16.8 Å². The molecule has 0 amide bonds. The fourth-order valence-corrected chi connectivity index (χ4v) is 5.23. The van der Waals surface area contributed by atoms with Crippen molar-refractivity contribution in [2.24, 2.45) is 5.92 Å². The summed E-state index contributed by atoms with van der Waals surface area (Å²) in [5.74, 6) is 0.447. The van der Waals surface area contributed by atoms with Crippen molar-refractivity contribution in [3.63, 3.8) is 0 Å². The second kappa shape index (κ2) is 4.46. The highest BCUT2D eigenvalue weighted by Gasteiger charge is 2.50. The molecule has 120 valence electrons. The maximum atomic E-state index is 12.9. The number of carbonyl (C=O) groups excluding carboxylic acids is 1. The van der Waals surface area contributed by atoms with Crippen LogP contribution in [0, 0.1) is 5.92 Å². The molecule has 4 nitrogen and oxygen atoms in total. The highest BCUT2D eigenvalue weighted by atomic mass is 16.3. The molecule has 0 bridgehead atoms. The third-order valence-electron chi connectivity index (χ3n) is 6.27. The molecule has 3 aliphatic heterocycles. The normalized spacial score (nSPS) is 33.0. The quantitative estimate of drug-likeness (QED) is 0.881. The second-order valence-corrected chi connectivity index (χ2v) is 7.52. The Bertz CT molecular complexity index is 824. The molecule has 23 heavy (non-hydrogen) atoms. The first-order valence-electron chi connectivity index (χ1n) is 8.73. The minimum absolute atomic E-state index is 0.200. The Labute approximate surface area is 135 Å². The molecule has 1 fully saturated rings. The Morgan fingerprint density at radius 2 is 2.17 bits per heavy atom. The molecular formula is C19H22N2O2. The van der Waals surface area contributed by atoms with Crippen molar-refractivity contribution in [2.45, 2.75) is 44.2 Å². The maximum Gasteiger partial charge on any atom is 0.231 e. The lowest BCUT2D eigenvalue weighted by Gasteiger charge is -2.52. The number of para-hydroxylation sites is 1. The summed E-state index contributed by atoms with van der Waals surface area (Å²) in [6, 6.07) is 8.61. The number of carbonyl (C=O) groups is 1. The molecule has 4 heteroatoms. The average Bonchev–Trinajstić information content (AvgIpc) is 2.89. The van der Waals surface area contributed by atoms with E-state index in [4.69, 9.17) is 0 Å². The summed E-state index contributed by atoms with van der Waals surface area (Å²) in [5.41, 5.74) is 3.02. The van der Waals surface area contributed by atoms with E-state index in [-0.39, 0.29) is 11.8 Å². The van der Waals surface area contributed by atoms with E-state index in [1.54, 1.807) is 0 Å². The lowest BCUT2D eigenvalue weighted by atomic mass is 9.72. The largest absolute Gasteiger partial charge is 0.389 e. The van der Waals surface area contributed by atoms with E-state index in [9.17, 15) is 9.90 Å². The van der Waals surface area contributed by atoms with Crippen LogP contribution in [0.2, 0.25) is 0 Å². The van der Waals surface area contributed by atoms with Crippen molar-refractivity contribution in [1.29, 1.82) is 0 Å². The van der Waals surface area contributed by atoms with Crippen LogP contribution in [0.25, 0.3) is 10.9 Å². The van der Waals surface area contributed by atoms with E-state index in [2.05, 4.69) is 30.0 Å². The van der Waals surface area contributed by atoms with Crippen molar-refractivity contribution in [1.82, 2.24) is 9.47 Å². The summed E-state index contributed by atoms with van der Waals surface area (Å²) in [6.45, 7) is 3.77. The summed E-state index contributed by atoms with van der Waals surface area (Å²) in [7, 11) is 0. The number of fused-ring (bicyclic) bond motifs is 3. The van der Waals surface area contributed by atoms with Crippen molar-refractivity contribution in [2.75, 3.05) is 13.1 Å². The molecule has 0 spiro atoms. The van der Waals surface area contributed by atoms with E-state index < -0.39 is 5.60 Å². The van der Waals surface area contributed by atoms with Crippen LogP contribution in [-0.4, -0.2) is 39.2 Å². The van der Waals surface area contributed by atoms with E-state index in [0.29, 0.717) is 12.5 Å². The van der Waals surface area contributed by atoms with Crippen LogP contribution in [0.3, 0.4) is 0 Å². The highest BCUT2D eigenvalue weighted by Crippen LogP contribution is 2.50. The molecule has 0 unspecified atom stereocenters. The van der Waals surface area contributed by atoms with Crippen LogP contribution >= 0.6 is 0 Å². The fourth-order valence-electron chi connectivity index (χ4n) is 5.23. The molecule has 0 saturated carbocycles. The monoisotopic (exact) mass is 310 g/mol. The van der Waals surface area contributed by atoms with Crippen LogP contribution in [0.15, 0.2) is 24.3 Å². The van der Waals surface area contributed by atoms with E-state index in [1.165, 1.54) is 16.6 Å². The van der Waals surface area contributed by atoms with E-state index in [0.717, 1.165) is 37.9 Å². The number of hydrogen-bond acceptors (Lipinski definition) is 3. The summed E-state index contributed by atoms with van der Waals surface area (Å²) >= 11 is 0. The second-order valence-electron chi connectivity index (χ2n) is 7.52. The van der Waals surface area contributed by atoms with Gasteiger partial charge in [-0.1, -0.05) is 25.1 Å². The van der Waals surface area contributed by atoms with Crippen LogP contribution in [0.4, 0.5) is 0 Å². The standard InChI is InChI=1S/C19H22N2O2/c1-2-19(23)10-12-9-16(22)21-15-6-4-3-5-13(15)14-7-8-20(11-19)17(12)18(14)21/h3-6,12,17,23H,2,7-11H2,1H3/t12-,17+,19-/m0/s1. The predicted molar refractivity (Wildman–Crippen MR) is 88.5 cm³/mol. The summed E-state index contributed by atoms with van der Waals surface area (Å²) < 4.78 is 1.98. The summed E-state index contributed by atoms with van der Waals surface area (Å²) in [5, 5.41) is 12.1. The maximum absolute atomic E-state index is 12.9. The summed E-state index contributed by atoms with van der Waals surface area (Å²) in [4.78, 5) is 15.3. The smallest absolute Gasteiger partial charge is 0.231 e. The third-order valence-corrected chi connectivity index (χ3v) is 6.27. The predicted octanol–water partition coefficient (Wildman–Crippen LogP) is 2.75. The van der Waals surface area contributed by atoms with Gasteiger partial charge in [0.15, 0.2) is 0 Å². The Hall–Kier alpha value is -1.65. The molecular weight excluding hydrogens is 288 g/mol. The third kappa shape index (κ3) is 1.71. The zero-order valence-corrected chi connectivity index (χ0v) is 13.5. The van der Waals surface area contributed by atoms with Gasteiger partial charge in [0.2, 0.25) is 5.91 Å². The Morgan fingerprint density at radius 1 is 1.35 bits per heavy atom. The average molecular weight is 310 g/mol. The first-order chi connectivity index (χ1) is 11.1. The zero-order valence-electron chi connectivity index (χ0n) is 13.5. The van der Waals surface area contributed by atoms with Crippen molar-refractivity contribution in [3.8, 4) is 0 Å². The van der Waals surface area contributed by atoms with Crippen molar-refractivity contribution < 1.29 is 9.90 Å². The van der Waals surface area contributed by atoms with Gasteiger partial charge in [0.25, 0.3) is 0 Å². The van der Waals surface area contributed by atoms with E-state index >= 15 is 0 Å². The van der Waals surface area contributed by atoms with Gasteiger partial charge in [-0.2, -0.15) is 0 Å². The first kappa shape index (κ1) is 13.8. The molecule has 0 aliphatic carbocycles. The van der Waals surface area contributed by atoms with Gasteiger partial charge in [-0.25, -0.2) is 0 Å². The van der Waals surface area contributed by atoms with Crippen LogP contribution in [-0.2, 0) is 6.42 Å². The van der Waals surface area contributed by atoms with Crippen LogP contribution < -0.4 is 0 Å². The van der Waals surface area contributed by atoms with Gasteiger partial charge < -0.3 is 5.11 Å². The number of benzene rings is 1. The Morgan fingerprint density at radius 3 is 3.00 bits per heavy atom. The van der Waals surface area contributed by atoms with E-state index in [1.807, 2.05) is 10.6 Å². The minimum Gasteiger partial charge on any atom is -0.389 e. The van der Waals surface area contributed by atoms with Crippen LogP contribution in [0.5, 0.6) is 0 Å². The molecule has 3 aliphatic rings. The SMILES string of the molecule is CC[C@]1(O)C[C@@H]2CC(=O)n3c4c(c5ccccc53)CCN(C1)[C@@H]42. The molecule has 1 saturated heterocycles. The molecule has 0 radical (unpaired) electrons. The van der Waals surface area contributed by atoms with Crippen molar-refractivity contribution in [3.05, 3.63) is 35.5 Å². The van der Waals surface area contributed by atoms with Gasteiger partial charge in [-0.15, -0.1) is 0 Å². The number of piperidine rings is 1. The molecule has 1 aromatic carbocycles. The van der Waals surface area contributed by atoms with Gasteiger partial charge in [-0.3, -0.25) is 14.3 Å². The molecule has 1 aromatic heterocycles. The minimum atomic E-state index is -0.632. The summed E-state index contributed by atoms with van der Waals surface area (Å²) in [6.07, 6.45) is 3.03. The molecule has 3 atom stereocenters. The number of aromatic nitrogens is 1. The Kier molecular flexibility index (Phi) is 2.67. The molecule has 4 heterocycles. The number of hydrogen-bond donors (Lipinski definition) is 1. The molecule has 1 N–H and O–H groups in total. The molecule has 5 rings (SSSR count). The zero-order chi connectivity index (χ0) is 15.8. The van der Waals surface area contributed by atoms with Crippen LogP contribution in [0.1, 0.15) is 48.3 Å². The van der Waals surface area contributed by atoms with Gasteiger partial charge in [0.1, 0.15) is 0 Å². The number of nitrogens with zero attached hydrogens (tertiary/aromatic N) is 2. The molecule has 2 aromatic rings. The first-order valence-corrected chi connectivity index (χ1v) is 8.73. The van der Waals surface area contributed by atoms with Gasteiger partial charge in [0, 0.05) is 30.6 Å². The van der Waals surface area contributed by atoms with Gasteiger partial charge in [0.05, 0.1) is 17.2 Å². The fraction of sp³-hybridized carbons (Fsp3) is 0.526. The topological polar surface area (TPSA) is 45.5 Å². The lowest BCUT2D eigenvalue weighted by Crippen LogP contribution is -2.57. The highest BCUT2D eigenvalue weighted by molar-refractivity contribution is 5.97. The number of aliphatic hydroxyl groups is 1. The Balaban J connectivity index is 1.75. The van der Waals surface area contributed by atoms with Gasteiger partial charge in [-0.05, 0) is 36.8 Å². The lowest BCUT2D eigenvalue weighted by molar-refractivity contribution is -0.0892. The number of rotatable bonds is 1. The van der Waals surface area contributed by atoms with Gasteiger partial charge >= 0.3 is 0 Å².